The number of nitrogens with zero attached hydrogens (tertiary/aromatic N) is 1. The van der Waals surface area contributed by atoms with Gasteiger partial charge in [0.25, 0.3) is 0 Å². The molecule has 1 saturated carbocycles. The van der Waals surface area contributed by atoms with E-state index in [4.69, 9.17) is 9.84 Å². The summed E-state index contributed by atoms with van der Waals surface area (Å²) in [5.74, 6) is 0.908. The first-order valence-electron chi connectivity index (χ1n) is 12.7. The zero-order chi connectivity index (χ0) is 25.1. The number of methoxy groups -OCH3 is 1. The molecule has 6 nitrogen and oxygen atoms in total. The van der Waals surface area contributed by atoms with Gasteiger partial charge >= 0.3 is 12.0 Å². The quantitative estimate of drug-likeness (QED) is 0.408. The van der Waals surface area contributed by atoms with Crippen LogP contribution in [0.4, 0.5) is 16.2 Å². The molecule has 1 heterocycles. The van der Waals surface area contributed by atoms with Gasteiger partial charge in [-0.1, -0.05) is 30.3 Å². The largest absolute Gasteiger partial charge is 0.497 e. The summed E-state index contributed by atoms with van der Waals surface area (Å²) >= 11 is 0. The molecular formula is C30H32N2O4. The Morgan fingerprint density at radius 1 is 0.944 bits per heavy atom. The molecule has 2 aliphatic rings. The van der Waals surface area contributed by atoms with Crippen molar-refractivity contribution >= 4 is 23.4 Å². The molecule has 0 bridgehead atoms. The topological polar surface area (TPSA) is 78.9 Å². The van der Waals surface area contributed by atoms with Crippen LogP contribution in [0.3, 0.4) is 0 Å². The highest BCUT2D eigenvalue weighted by Gasteiger charge is 2.26. The molecule has 2 N–H and O–H groups in total. The number of urea groups is 1. The number of hydrogen-bond acceptors (Lipinski definition) is 3. The van der Waals surface area contributed by atoms with E-state index in [0.717, 1.165) is 54.8 Å². The molecule has 1 fully saturated rings. The highest BCUT2D eigenvalue weighted by atomic mass is 16.5. The van der Waals surface area contributed by atoms with Gasteiger partial charge in [-0.25, -0.2) is 4.79 Å². The monoisotopic (exact) mass is 484 g/mol. The molecule has 5 rings (SSSR count). The van der Waals surface area contributed by atoms with Crippen LogP contribution in [0.25, 0.3) is 11.1 Å². The number of fused-ring (bicyclic) bond motifs is 1. The standard InChI is InChI=1S/C30H32N2O4/c1-36-27-13-11-26(12-14-27)31-30(35)32-17-16-25-19-24(10-15-28(25)32)23-8-6-22(7-9-23)21-4-2-20(3-5-21)18-29(33)34/h6-15,19-21H,2-5,16-18H2,1H3,(H,31,35)(H,33,34)/t20-,21-. The third-order valence-corrected chi connectivity index (χ3v) is 7.59. The molecule has 0 unspecified atom stereocenters. The average Bonchev–Trinajstić information content (AvgIpc) is 3.33. The van der Waals surface area contributed by atoms with Crippen molar-refractivity contribution < 1.29 is 19.4 Å². The van der Waals surface area contributed by atoms with Crippen LogP contribution in [0.5, 0.6) is 5.75 Å². The van der Waals surface area contributed by atoms with E-state index >= 15 is 0 Å². The molecule has 3 aromatic rings. The maximum absolute atomic E-state index is 12.9. The van der Waals surface area contributed by atoms with Crippen LogP contribution in [0, 0.1) is 5.92 Å². The van der Waals surface area contributed by atoms with Crippen molar-refractivity contribution in [3.8, 4) is 16.9 Å². The van der Waals surface area contributed by atoms with Crippen molar-refractivity contribution in [2.24, 2.45) is 5.92 Å². The van der Waals surface area contributed by atoms with Crippen LogP contribution >= 0.6 is 0 Å². The van der Waals surface area contributed by atoms with E-state index in [-0.39, 0.29) is 6.03 Å². The second-order valence-electron chi connectivity index (χ2n) is 9.84. The molecule has 2 amide bonds. The molecule has 0 radical (unpaired) electrons. The summed E-state index contributed by atoms with van der Waals surface area (Å²) < 4.78 is 5.18. The summed E-state index contributed by atoms with van der Waals surface area (Å²) in [6.07, 6.45) is 5.23. The molecule has 1 aliphatic carbocycles. The average molecular weight is 485 g/mol. The first-order valence-corrected chi connectivity index (χ1v) is 12.7. The van der Waals surface area contributed by atoms with E-state index in [0.29, 0.717) is 24.8 Å². The fraction of sp³-hybridized carbons (Fsp3) is 0.333. The van der Waals surface area contributed by atoms with Gasteiger partial charge in [-0.3, -0.25) is 9.69 Å². The SMILES string of the molecule is COc1ccc(NC(=O)N2CCc3cc(-c4ccc([C@H]5CC[C@H](CC(=O)O)CC5)cc4)ccc32)cc1. The molecule has 0 spiro atoms. The molecule has 0 atom stereocenters. The lowest BCUT2D eigenvalue weighted by molar-refractivity contribution is -0.138. The molecule has 186 valence electrons. The summed E-state index contributed by atoms with van der Waals surface area (Å²) in [6.45, 7) is 0.657. The van der Waals surface area contributed by atoms with Gasteiger partial charge in [-0.15, -0.1) is 0 Å². The van der Waals surface area contributed by atoms with Crippen molar-refractivity contribution in [3.05, 3.63) is 77.9 Å². The van der Waals surface area contributed by atoms with Crippen molar-refractivity contribution in [1.29, 1.82) is 0 Å². The number of carboxylic acid groups (broad SMARTS) is 1. The second kappa shape index (κ2) is 10.4. The molecular weight excluding hydrogens is 452 g/mol. The Bertz CT molecular complexity index is 1230. The Balaban J connectivity index is 1.23. The Hall–Kier alpha value is -3.80. The van der Waals surface area contributed by atoms with Gasteiger partial charge < -0.3 is 15.2 Å². The zero-order valence-corrected chi connectivity index (χ0v) is 20.6. The van der Waals surface area contributed by atoms with Crippen molar-refractivity contribution in [2.75, 3.05) is 23.9 Å². The van der Waals surface area contributed by atoms with Gasteiger partial charge in [0.15, 0.2) is 0 Å². The van der Waals surface area contributed by atoms with E-state index in [2.05, 4.69) is 41.7 Å². The summed E-state index contributed by atoms with van der Waals surface area (Å²) in [5.41, 5.74) is 6.54. The van der Waals surface area contributed by atoms with Crippen molar-refractivity contribution in [3.63, 3.8) is 0 Å². The van der Waals surface area contributed by atoms with Crippen LogP contribution in [-0.4, -0.2) is 30.8 Å². The minimum Gasteiger partial charge on any atom is -0.497 e. The molecule has 6 heteroatoms. The van der Waals surface area contributed by atoms with Crippen LogP contribution in [0.15, 0.2) is 66.7 Å². The van der Waals surface area contributed by atoms with E-state index in [1.165, 1.54) is 16.7 Å². The van der Waals surface area contributed by atoms with Crippen LogP contribution in [0.1, 0.15) is 49.1 Å². The fourth-order valence-corrected chi connectivity index (χ4v) is 5.55. The van der Waals surface area contributed by atoms with E-state index in [1.54, 1.807) is 12.0 Å². The first kappa shape index (κ1) is 23.9. The van der Waals surface area contributed by atoms with Gasteiger partial charge in [0.1, 0.15) is 5.75 Å². The molecule has 0 aromatic heterocycles. The van der Waals surface area contributed by atoms with Gasteiger partial charge in [-0.05, 0) is 103 Å². The minimum absolute atomic E-state index is 0.130. The highest BCUT2D eigenvalue weighted by Crippen LogP contribution is 2.38. The smallest absolute Gasteiger partial charge is 0.326 e. The van der Waals surface area contributed by atoms with Crippen molar-refractivity contribution in [2.45, 2.75) is 44.4 Å². The zero-order valence-electron chi connectivity index (χ0n) is 20.6. The van der Waals surface area contributed by atoms with E-state index in [9.17, 15) is 9.59 Å². The van der Waals surface area contributed by atoms with Crippen LogP contribution in [-0.2, 0) is 11.2 Å². The lowest BCUT2D eigenvalue weighted by atomic mass is 9.77. The van der Waals surface area contributed by atoms with Crippen LogP contribution < -0.4 is 15.0 Å². The third-order valence-electron chi connectivity index (χ3n) is 7.59. The summed E-state index contributed by atoms with van der Waals surface area (Å²) in [6, 6.07) is 22.3. The van der Waals surface area contributed by atoms with Gasteiger partial charge in [0, 0.05) is 24.3 Å². The maximum Gasteiger partial charge on any atom is 0.326 e. The Kier molecular flexibility index (Phi) is 6.94. The summed E-state index contributed by atoms with van der Waals surface area (Å²) in [4.78, 5) is 25.7. The first-order chi connectivity index (χ1) is 17.5. The number of ether oxygens (including phenoxy) is 1. The Morgan fingerprint density at radius 2 is 1.64 bits per heavy atom. The molecule has 3 aromatic carbocycles. The number of hydrogen-bond donors (Lipinski definition) is 2. The number of rotatable bonds is 6. The van der Waals surface area contributed by atoms with E-state index < -0.39 is 5.97 Å². The number of anilines is 2. The predicted molar refractivity (Wildman–Crippen MR) is 142 cm³/mol. The maximum atomic E-state index is 12.9. The van der Waals surface area contributed by atoms with Gasteiger partial charge in [0.2, 0.25) is 0 Å². The van der Waals surface area contributed by atoms with E-state index in [1.807, 2.05) is 30.3 Å². The van der Waals surface area contributed by atoms with Crippen LogP contribution in [0.2, 0.25) is 0 Å². The van der Waals surface area contributed by atoms with Gasteiger partial charge in [-0.2, -0.15) is 0 Å². The number of nitrogens with one attached hydrogen (secondary N) is 1. The van der Waals surface area contributed by atoms with Crippen molar-refractivity contribution in [1.82, 2.24) is 0 Å². The highest BCUT2D eigenvalue weighted by molar-refractivity contribution is 6.03. The normalized spacial score (nSPS) is 19.0. The third kappa shape index (κ3) is 5.23. The number of amides is 2. The lowest BCUT2D eigenvalue weighted by Crippen LogP contribution is -2.33. The number of benzene rings is 3. The fourth-order valence-electron chi connectivity index (χ4n) is 5.55. The Labute approximate surface area is 211 Å². The number of aliphatic carboxylic acids is 1. The Morgan fingerprint density at radius 3 is 2.31 bits per heavy atom. The lowest BCUT2D eigenvalue weighted by Gasteiger charge is -2.28. The molecule has 0 saturated heterocycles. The van der Waals surface area contributed by atoms with Gasteiger partial charge in [0.05, 0.1) is 7.11 Å². The number of carboxylic acids is 1. The number of carbonyl (C=O) groups excluding carboxylic acids is 1. The minimum atomic E-state index is -0.682. The second-order valence-corrected chi connectivity index (χ2v) is 9.84. The number of carbonyl (C=O) groups is 2. The molecule has 1 aliphatic heterocycles. The molecule has 36 heavy (non-hydrogen) atoms. The summed E-state index contributed by atoms with van der Waals surface area (Å²) in [7, 11) is 1.62. The predicted octanol–water partition coefficient (Wildman–Crippen LogP) is 6.71. The summed E-state index contributed by atoms with van der Waals surface area (Å²) in [5, 5.41) is 12.0.